The van der Waals surface area contributed by atoms with Gasteiger partial charge in [-0.2, -0.15) is 0 Å². The molecule has 1 aromatic heterocycles. The number of hydrogen-bond donors (Lipinski definition) is 1. The first kappa shape index (κ1) is 14.2. The Kier molecular flexibility index (Phi) is 3.99. The topological polar surface area (TPSA) is 45.5 Å². The predicted molar refractivity (Wildman–Crippen MR) is 81.5 cm³/mol. The summed E-state index contributed by atoms with van der Waals surface area (Å²) in [6, 6.07) is 11.2. The fraction of sp³-hybridized carbons (Fsp3) is 0.312. The van der Waals surface area contributed by atoms with Gasteiger partial charge >= 0.3 is 0 Å². The van der Waals surface area contributed by atoms with Crippen LogP contribution in [0.1, 0.15) is 27.9 Å². The van der Waals surface area contributed by atoms with Crippen LogP contribution >= 0.6 is 11.6 Å². The van der Waals surface area contributed by atoms with Crippen LogP contribution < -0.4 is 5.32 Å². The lowest BCUT2D eigenvalue weighted by Crippen LogP contribution is -2.48. The van der Waals surface area contributed by atoms with Crippen LogP contribution in [-0.4, -0.2) is 30.4 Å². The molecule has 0 spiro atoms. The van der Waals surface area contributed by atoms with Crippen molar-refractivity contribution in [1.82, 2.24) is 10.2 Å². The van der Waals surface area contributed by atoms with Crippen LogP contribution in [0.3, 0.4) is 0 Å². The molecule has 1 aliphatic heterocycles. The Labute approximate surface area is 128 Å². The number of piperazine rings is 1. The van der Waals surface area contributed by atoms with E-state index in [9.17, 15) is 4.79 Å². The van der Waals surface area contributed by atoms with Crippen molar-refractivity contribution in [2.45, 2.75) is 13.0 Å². The van der Waals surface area contributed by atoms with Crippen LogP contribution in [0, 0.1) is 6.92 Å². The lowest BCUT2D eigenvalue weighted by Gasteiger charge is -2.36. The summed E-state index contributed by atoms with van der Waals surface area (Å²) >= 11 is 6.07. The molecule has 1 fully saturated rings. The molecule has 3 rings (SSSR count). The molecule has 0 bridgehead atoms. The summed E-state index contributed by atoms with van der Waals surface area (Å²) in [6.07, 6.45) is 0. The minimum absolute atomic E-state index is 0.0321. The Morgan fingerprint density at radius 3 is 2.95 bits per heavy atom. The highest BCUT2D eigenvalue weighted by Gasteiger charge is 2.30. The van der Waals surface area contributed by atoms with E-state index in [4.69, 9.17) is 16.0 Å². The number of furan rings is 1. The van der Waals surface area contributed by atoms with Gasteiger partial charge in [0.25, 0.3) is 5.91 Å². The zero-order valence-electron chi connectivity index (χ0n) is 11.8. The van der Waals surface area contributed by atoms with E-state index < -0.39 is 0 Å². The Morgan fingerprint density at radius 2 is 2.24 bits per heavy atom. The van der Waals surface area contributed by atoms with Gasteiger partial charge in [-0.05, 0) is 36.8 Å². The van der Waals surface area contributed by atoms with Gasteiger partial charge in [-0.15, -0.1) is 0 Å². The van der Waals surface area contributed by atoms with Gasteiger partial charge in [-0.3, -0.25) is 4.79 Å². The number of benzene rings is 1. The Bertz CT molecular complexity index is 653. The molecule has 0 aliphatic carbocycles. The van der Waals surface area contributed by atoms with Crippen LogP contribution in [-0.2, 0) is 0 Å². The van der Waals surface area contributed by atoms with Gasteiger partial charge < -0.3 is 14.6 Å². The molecule has 1 aliphatic rings. The van der Waals surface area contributed by atoms with Gasteiger partial charge in [-0.1, -0.05) is 23.7 Å². The molecule has 110 valence electrons. The third-order valence-electron chi connectivity index (χ3n) is 3.69. The lowest BCUT2D eigenvalue weighted by molar-refractivity contribution is 0.0600. The zero-order chi connectivity index (χ0) is 14.8. The number of carbonyl (C=O) groups is 1. The number of nitrogens with one attached hydrogen (secondary N) is 1. The molecule has 1 unspecified atom stereocenters. The smallest absolute Gasteiger partial charge is 0.290 e. The first-order chi connectivity index (χ1) is 10.1. The normalized spacial score (nSPS) is 18.8. The quantitative estimate of drug-likeness (QED) is 0.927. The van der Waals surface area contributed by atoms with E-state index in [0.29, 0.717) is 23.9 Å². The average Bonchev–Trinajstić information content (AvgIpc) is 2.93. The van der Waals surface area contributed by atoms with Gasteiger partial charge in [-0.25, -0.2) is 0 Å². The minimum atomic E-state index is -0.0745. The second-order valence-corrected chi connectivity index (χ2v) is 5.62. The molecule has 1 atom stereocenters. The average molecular weight is 305 g/mol. The van der Waals surface area contributed by atoms with Crippen LogP contribution in [0.15, 0.2) is 40.8 Å². The minimum Gasteiger partial charge on any atom is -0.456 e. The fourth-order valence-corrected chi connectivity index (χ4v) is 2.85. The Hall–Kier alpha value is -1.78. The molecule has 2 heterocycles. The van der Waals surface area contributed by atoms with Gasteiger partial charge in [0.15, 0.2) is 5.76 Å². The maximum atomic E-state index is 12.7. The van der Waals surface area contributed by atoms with Crippen molar-refractivity contribution >= 4 is 17.5 Å². The molecule has 1 saturated heterocycles. The highest BCUT2D eigenvalue weighted by atomic mass is 35.5. The van der Waals surface area contributed by atoms with Crippen molar-refractivity contribution in [3.63, 3.8) is 0 Å². The summed E-state index contributed by atoms with van der Waals surface area (Å²) in [5.74, 6) is 1.06. The molecule has 5 heteroatoms. The van der Waals surface area contributed by atoms with E-state index in [1.165, 1.54) is 0 Å². The monoisotopic (exact) mass is 304 g/mol. The second kappa shape index (κ2) is 5.92. The number of hydrogen-bond acceptors (Lipinski definition) is 3. The maximum absolute atomic E-state index is 12.7. The highest BCUT2D eigenvalue weighted by molar-refractivity contribution is 6.30. The third kappa shape index (κ3) is 2.96. The fourth-order valence-electron chi connectivity index (χ4n) is 2.65. The molecular weight excluding hydrogens is 288 g/mol. The highest BCUT2D eigenvalue weighted by Crippen LogP contribution is 2.26. The van der Waals surface area contributed by atoms with E-state index in [2.05, 4.69) is 5.32 Å². The molecule has 21 heavy (non-hydrogen) atoms. The lowest BCUT2D eigenvalue weighted by atomic mass is 10.0. The summed E-state index contributed by atoms with van der Waals surface area (Å²) in [7, 11) is 0. The number of aryl methyl sites for hydroxylation is 1. The van der Waals surface area contributed by atoms with E-state index >= 15 is 0 Å². The third-order valence-corrected chi connectivity index (χ3v) is 3.92. The van der Waals surface area contributed by atoms with Crippen molar-refractivity contribution in [2.75, 3.05) is 19.6 Å². The van der Waals surface area contributed by atoms with Gasteiger partial charge in [0, 0.05) is 24.7 Å². The van der Waals surface area contributed by atoms with E-state index in [0.717, 1.165) is 17.9 Å². The predicted octanol–water partition coefficient (Wildman–Crippen LogP) is 3.03. The van der Waals surface area contributed by atoms with Crippen molar-refractivity contribution in [2.24, 2.45) is 0 Å². The summed E-state index contributed by atoms with van der Waals surface area (Å²) in [5, 5.41) is 4.01. The number of halogens is 1. The molecule has 2 aromatic rings. The van der Waals surface area contributed by atoms with Crippen molar-refractivity contribution < 1.29 is 9.21 Å². The molecular formula is C16H17ClN2O2. The van der Waals surface area contributed by atoms with E-state index in [-0.39, 0.29) is 11.9 Å². The number of nitrogens with zero attached hydrogens (tertiary/aromatic N) is 1. The summed E-state index contributed by atoms with van der Waals surface area (Å²) in [4.78, 5) is 14.5. The summed E-state index contributed by atoms with van der Waals surface area (Å²) < 4.78 is 5.47. The molecule has 0 radical (unpaired) electrons. The van der Waals surface area contributed by atoms with Crippen molar-refractivity contribution in [3.8, 4) is 0 Å². The van der Waals surface area contributed by atoms with E-state index in [1.54, 1.807) is 6.07 Å². The number of amides is 1. The standard InChI is InChI=1S/C16H17ClN2O2/c1-11-5-6-15(21-11)16(20)19-8-7-18-10-14(19)12-3-2-4-13(17)9-12/h2-6,9,14,18H,7-8,10H2,1H3. The van der Waals surface area contributed by atoms with Gasteiger partial charge in [0.1, 0.15) is 5.76 Å². The number of carbonyl (C=O) groups excluding carboxylic acids is 1. The van der Waals surface area contributed by atoms with Crippen molar-refractivity contribution in [1.29, 1.82) is 0 Å². The molecule has 0 saturated carbocycles. The molecule has 1 amide bonds. The summed E-state index contributed by atoms with van der Waals surface area (Å²) in [5.41, 5.74) is 1.03. The van der Waals surface area contributed by atoms with Crippen LogP contribution in [0.5, 0.6) is 0 Å². The Balaban J connectivity index is 1.89. The van der Waals surface area contributed by atoms with Gasteiger partial charge in [0.2, 0.25) is 0 Å². The first-order valence-corrected chi connectivity index (χ1v) is 7.36. The Morgan fingerprint density at radius 1 is 1.38 bits per heavy atom. The van der Waals surface area contributed by atoms with Crippen molar-refractivity contribution in [3.05, 3.63) is 58.5 Å². The van der Waals surface area contributed by atoms with Gasteiger partial charge in [0.05, 0.1) is 6.04 Å². The number of rotatable bonds is 2. The van der Waals surface area contributed by atoms with Crippen LogP contribution in [0.25, 0.3) is 0 Å². The molecule has 1 N–H and O–H groups in total. The molecule has 4 nitrogen and oxygen atoms in total. The SMILES string of the molecule is Cc1ccc(C(=O)N2CCNCC2c2cccc(Cl)c2)o1. The largest absolute Gasteiger partial charge is 0.456 e. The maximum Gasteiger partial charge on any atom is 0.290 e. The zero-order valence-corrected chi connectivity index (χ0v) is 12.6. The van der Waals surface area contributed by atoms with E-state index in [1.807, 2.05) is 42.2 Å². The van der Waals surface area contributed by atoms with Crippen LogP contribution in [0.4, 0.5) is 0 Å². The second-order valence-electron chi connectivity index (χ2n) is 5.18. The van der Waals surface area contributed by atoms with Crippen LogP contribution in [0.2, 0.25) is 5.02 Å². The molecule has 1 aromatic carbocycles. The summed E-state index contributed by atoms with van der Waals surface area (Å²) in [6.45, 7) is 3.98. The first-order valence-electron chi connectivity index (χ1n) is 6.99.